The summed E-state index contributed by atoms with van der Waals surface area (Å²) in [4.78, 5) is 21.6. The summed E-state index contributed by atoms with van der Waals surface area (Å²) >= 11 is 0. The summed E-state index contributed by atoms with van der Waals surface area (Å²) in [6.07, 6.45) is 0. The number of para-hydroxylation sites is 2. The second-order valence-electron chi connectivity index (χ2n) is 6.28. The monoisotopic (exact) mass is 395 g/mol. The van der Waals surface area contributed by atoms with Gasteiger partial charge in [0, 0.05) is 13.2 Å². The van der Waals surface area contributed by atoms with Crippen LogP contribution in [0.15, 0.2) is 42.5 Å². The van der Waals surface area contributed by atoms with E-state index >= 15 is 0 Å². The molecule has 0 spiro atoms. The summed E-state index contributed by atoms with van der Waals surface area (Å²) < 4.78 is 21.2. The predicted molar refractivity (Wildman–Crippen MR) is 106 cm³/mol. The van der Waals surface area contributed by atoms with Crippen LogP contribution in [0.1, 0.15) is 23.0 Å². The number of aromatic nitrogens is 2. The van der Waals surface area contributed by atoms with Crippen molar-refractivity contribution in [1.82, 2.24) is 9.97 Å². The number of carbonyl (C=O) groups excluding carboxylic acids is 1. The Morgan fingerprint density at radius 3 is 2.69 bits per heavy atom. The van der Waals surface area contributed by atoms with Gasteiger partial charge in [0.05, 0.1) is 17.6 Å². The van der Waals surface area contributed by atoms with Gasteiger partial charge in [-0.15, -0.1) is 0 Å². The lowest BCUT2D eigenvalue weighted by Crippen LogP contribution is -2.16. The molecule has 0 radical (unpaired) electrons. The Morgan fingerprint density at radius 1 is 1.07 bits per heavy atom. The lowest BCUT2D eigenvalue weighted by atomic mass is 10.2. The van der Waals surface area contributed by atoms with Gasteiger partial charge in [0.25, 0.3) is 0 Å². The first-order valence-corrected chi connectivity index (χ1v) is 9.38. The normalized spacial score (nSPS) is 12.2. The van der Waals surface area contributed by atoms with Gasteiger partial charge in [-0.25, -0.2) is 14.8 Å². The van der Waals surface area contributed by atoms with Crippen LogP contribution in [0.5, 0.6) is 11.5 Å². The van der Waals surface area contributed by atoms with Crippen molar-refractivity contribution in [3.05, 3.63) is 53.7 Å². The summed E-state index contributed by atoms with van der Waals surface area (Å²) in [6, 6.07) is 13.0. The van der Waals surface area contributed by atoms with Crippen molar-refractivity contribution < 1.29 is 23.7 Å². The van der Waals surface area contributed by atoms with Gasteiger partial charge >= 0.3 is 5.97 Å². The number of hydrogen-bond donors (Lipinski definition) is 1. The van der Waals surface area contributed by atoms with E-state index in [4.69, 9.17) is 18.9 Å². The highest BCUT2D eigenvalue weighted by molar-refractivity contribution is 5.95. The lowest BCUT2D eigenvalue weighted by Gasteiger charge is -2.12. The number of ether oxygens (including phenoxy) is 4. The molecule has 1 aliphatic rings. The van der Waals surface area contributed by atoms with Crippen LogP contribution in [0.3, 0.4) is 0 Å². The number of hydrogen-bond acceptors (Lipinski definition) is 8. The maximum Gasteiger partial charge on any atom is 0.360 e. The van der Waals surface area contributed by atoms with Gasteiger partial charge in [0.1, 0.15) is 6.61 Å². The third-order valence-corrected chi connectivity index (χ3v) is 4.33. The fourth-order valence-electron chi connectivity index (χ4n) is 2.91. The van der Waals surface area contributed by atoms with Crippen molar-refractivity contribution in [1.29, 1.82) is 0 Å². The number of nitrogens with zero attached hydrogens (tertiary/aromatic N) is 2. The number of nitrogens with one attached hydrogen (secondary N) is 1. The number of anilines is 1. The molecule has 0 unspecified atom stereocenters. The highest BCUT2D eigenvalue weighted by atomic mass is 16.7. The summed E-state index contributed by atoms with van der Waals surface area (Å²) in [6.45, 7) is 3.60. The van der Waals surface area contributed by atoms with Gasteiger partial charge in [-0.05, 0) is 36.8 Å². The molecule has 0 saturated carbocycles. The average Bonchev–Trinajstić information content (AvgIpc) is 3.22. The Kier molecular flexibility index (Phi) is 5.71. The Morgan fingerprint density at radius 2 is 1.86 bits per heavy atom. The molecule has 29 heavy (non-hydrogen) atoms. The molecule has 1 aromatic heterocycles. The minimum absolute atomic E-state index is 0.140. The zero-order valence-corrected chi connectivity index (χ0v) is 16.0. The number of esters is 1. The third-order valence-electron chi connectivity index (χ3n) is 4.33. The van der Waals surface area contributed by atoms with Crippen molar-refractivity contribution >= 4 is 22.8 Å². The Hall–Kier alpha value is -3.39. The highest BCUT2D eigenvalue weighted by Crippen LogP contribution is 2.32. The number of fused-ring (bicyclic) bond motifs is 2. The molecule has 0 aliphatic carbocycles. The van der Waals surface area contributed by atoms with Crippen molar-refractivity contribution in [2.24, 2.45) is 0 Å². The number of benzene rings is 2. The number of rotatable bonds is 8. The minimum atomic E-state index is -0.545. The summed E-state index contributed by atoms with van der Waals surface area (Å²) in [5, 5.41) is 3.19. The Bertz CT molecular complexity index is 1020. The standard InChI is InChI=1S/C21H21N3O5/c1-2-26-9-10-27-21(25)19-20(24-16-6-4-3-5-15(16)23-19)22-12-14-7-8-17-18(11-14)29-13-28-17/h3-8,11H,2,9-10,12-13H2,1H3,(H,22,24). The van der Waals surface area contributed by atoms with E-state index in [2.05, 4.69) is 15.3 Å². The van der Waals surface area contributed by atoms with Gasteiger partial charge in [0.15, 0.2) is 23.0 Å². The van der Waals surface area contributed by atoms with Crippen molar-refractivity contribution in [2.45, 2.75) is 13.5 Å². The van der Waals surface area contributed by atoms with E-state index in [1.165, 1.54) is 0 Å². The van der Waals surface area contributed by atoms with Crippen molar-refractivity contribution in [3.8, 4) is 11.5 Å². The van der Waals surface area contributed by atoms with Gasteiger partial charge in [-0.2, -0.15) is 0 Å². The molecular formula is C21H21N3O5. The van der Waals surface area contributed by atoms with Crippen LogP contribution < -0.4 is 14.8 Å². The van der Waals surface area contributed by atoms with Gasteiger partial charge in [0.2, 0.25) is 6.79 Å². The van der Waals surface area contributed by atoms with Gasteiger partial charge in [-0.3, -0.25) is 0 Å². The van der Waals surface area contributed by atoms with Crippen LogP contribution in [0, 0.1) is 0 Å². The average molecular weight is 395 g/mol. The molecular weight excluding hydrogens is 374 g/mol. The molecule has 0 fully saturated rings. The molecule has 2 heterocycles. The topological polar surface area (TPSA) is 91.8 Å². The second kappa shape index (κ2) is 8.74. The van der Waals surface area contributed by atoms with E-state index in [9.17, 15) is 4.79 Å². The molecule has 1 aliphatic heterocycles. The molecule has 3 aromatic rings. The molecule has 1 N–H and O–H groups in total. The zero-order valence-electron chi connectivity index (χ0n) is 16.0. The van der Waals surface area contributed by atoms with Crippen LogP contribution in [-0.4, -0.2) is 42.6 Å². The van der Waals surface area contributed by atoms with Crippen LogP contribution in [-0.2, 0) is 16.0 Å². The summed E-state index contributed by atoms with van der Waals surface area (Å²) in [5.74, 6) is 1.24. The summed E-state index contributed by atoms with van der Waals surface area (Å²) in [7, 11) is 0. The molecule has 150 valence electrons. The Labute approximate surface area is 167 Å². The first kappa shape index (κ1) is 18.9. The van der Waals surface area contributed by atoms with E-state index in [-0.39, 0.29) is 19.1 Å². The third kappa shape index (κ3) is 4.38. The van der Waals surface area contributed by atoms with E-state index < -0.39 is 5.97 Å². The maximum atomic E-state index is 12.6. The smallest absolute Gasteiger partial charge is 0.360 e. The Balaban J connectivity index is 1.55. The molecule has 2 aromatic carbocycles. The van der Waals surface area contributed by atoms with Gasteiger partial charge < -0.3 is 24.3 Å². The van der Waals surface area contributed by atoms with Crippen LogP contribution >= 0.6 is 0 Å². The molecule has 0 atom stereocenters. The molecule has 8 heteroatoms. The van der Waals surface area contributed by atoms with Crippen molar-refractivity contribution in [2.75, 3.05) is 31.9 Å². The fourth-order valence-corrected chi connectivity index (χ4v) is 2.91. The van der Waals surface area contributed by atoms with E-state index in [0.717, 1.165) is 11.3 Å². The largest absolute Gasteiger partial charge is 0.458 e. The highest BCUT2D eigenvalue weighted by Gasteiger charge is 2.19. The molecule has 8 nitrogen and oxygen atoms in total. The lowest BCUT2D eigenvalue weighted by molar-refractivity contribution is 0.0330. The van der Waals surface area contributed by atoms with Crippen molar-refractivity contribution in [3.63, 3.8) is 0 Å². The zero-order chi connectivity index (χ0) is 20.1. The quantitative estimate of drug-likeness (QED) is 0.459. The molecule has 4 rings (SSSR count). The maximum absolute atomic E-state index is 12.6. The summed E-state index contributed by atoms with van der Waals surface area (Å²) in [5.41, 5.74) is 2.41. The number of carbonyl (C=O) groups is 1. The predicted octanol–water partition coefficient (Wildman–Crippen LogP) is 3.16. The second-order valence-corrected chi connectivity index (χ2v) is 6.28. The van der Waals surface area contributed by atoms with E-state index in [0.29, 0.717) is 42.4 Å². The first-order chi connectivity index (χ1) is 14.2. The van der Waals surface area contributed by atoms with E-state index in [1.54, 1.807) is 6.07 Å². The molecule has 0 saturated heterocycles. The van der Waals surface area contributed by atoms with Gasteiger partial charge in [-0.1, -0.05) is 18.2 Å². The minimum Gasteiger partial charge on any atom is -0.458 e. The first-order valence-electron chi connectivity index (χ1n) is 9.38. The van der Waals surface area contributed by atoms with E-state index in [1.807, 2.05) is 43.3 Å². The van der Waals surface area contributed by atoms with Crippen LogP contribution in [0.4, 0.5) is 5.82 Å². The van der Waals surface area contributed by atoms with Crippen LogP contribution in [0.25, 0.3) is 11.0 Å². The molecule has 0 amide bonds. The fraction of sp³-hybridized carbons (Fsp3) is 0.286. The SMILES string of the molecule is CCOCCOC(=O)c1nc2ccccc2nc1NCc1ccc2c(c1)OCO2. The molecule has 0 bridgehead atoms. The van der Waals surface area contributed by atoms with Crippen LogP contribution in [0.2, 0.25) is 0 Å².